The summed E-state index contributed by atoms with van der Waals surface area (Å²) in [7, 11) is 0. The molecule has 8 heteroatoms. The second-order valence-corrected chi connectivity index (χ2v) is 5.51. The van der Waals surface area contributed by atoms with Crippen LogP contribution < -0.4 is 10.6 Å². The lowest BCUT2D eigenvalue weighted by Crippen LogP contribution is -2.53. The molecule has 2 N–H and O–H groups in total. The van der Waals surface area contributed by atoms with Crippen molar-refractivity contribution in [3.63, 3.8) is 0 Å². The molecular weight excluding hydrogens is 260 g/mol. The number of amides is 4. The average molecular weight is 282 g/mol. The zero-order valence-corrected chi connectivity index (χ0v) is 11.7. The highest BCUT2D eigenvalue weighted by Crippen LogP contribution is 2.07. The minimum absolute atomic E-state index is 0.0427. The van der Waals surface area contributed by atoms with E-state index < -0.39 is 0 Å². The minimum Gasteiger partial charge on any atom is -0.336 e. The van der Waals surface area contributed by atoms with E-state index in [1.165, 1.54) is 0 Å². The maximum absolute atomic E-state index is 11.5. The molecule has 0 radical (unpaired) electrons. The van der Waals surface area contributed by atoms with Gasteiger partial charge in [0.1, 0.15) is 0 Å². The van der Waals surface area contributed by atoms with Crippen LogP contribution in [0.2, 0.25) is 0 Å². The Morgan fingerprint density at radius 1 is 0.700 bits per heavy atom. The van der Waals surface area contributed by atoms with Crippen molar-refractivity contribution in [2.75, 3.05) is 65.7 Å². The highest BCUT2D eigenvalue weighted by atomic mass is 16.2. The molecule has 0 aromatic heterocycles. The van der Waals surface area contributed by atoms with E-state index in [1.807, 2.05) is 9.80 Å². The Kier molecular flexibility index (Phi) is 3.93. The van der Waals surface area contributed by atoms with Crippen LogP contribution in [-0.2, 0) is 0 Å². The number of hydrogen-bond donors (Lipinski definition) is 2. The number of rotatable bonds is 4. The number of nitrogens with one attached hydrogen (secondary N) is 2. The van der Waals surface area contributed by atoms with E-state index in [9.17, 15) is 9.59 Å². The lowest BCUT2D eigenvalue weighted by molar-refractivity contribution is 0.0693. The number of hydrogen-bond acceptors (Lipinski definition) is 4. The Morgan fingerprint density at radius 3 is 1.40 bits per heavy atom. The molecular formula is C12H22N6O2. The molecule has 3 aliphatic heterocycles. The second-order valence-electron chi connectivity index (χ2n) is 5.51. The van der Waals surface area contributed by atoms with Gasteiger partial charge >= 0.3 is 12.1 Å². The lowest BCUT2D eigenvalue weighted by Gasteiger charge is -2.37. The van der Waals surface area contributed by atoms with Crippen LogP contribution in [0.25, 0.3) is 0 Å². The highest BCUT2D eigenvalue weighted by molar-refractivity contribution is 5.76. The summed E-state index contributed by atoms with van der Waals surface area (Å²) in [5.74, 6) is 0. The molecule has 3 heterocycles. The molecule has 0 unspecified atom stereocenters. The third-order valence-corrected chi connectivity index (χ3v) is 4.10. The first kappa shape index (κ1) is 13.4. The average Bonchev–Trinajstić information content (AvgIpc) is 3.02. The molecule has 4 amide bonds. The Balaban J connectivity index is 1.40. The summed E-state index contributed by atoms with van der Waals surface area (Å²) < 4.78 is 0. The summed E-state index contributed by atoms with van der Waals surface area (Å²) in [5.41, 5.74) is 0. The number of urea groups is 2. The van der Waals surface area contributed by atoms with Gasteiger partial charge in [0.2, 0.25) is 0 Å². The van der Waals surface area contributed by atoms with Gasteiger partial charge in [0.25, 0.3) is 0 Å². The number of piperazine rings is 1. The number of carbonyl (C=O) groups is 2. The van der Waals surface area contributed by atoms with E-state index in [1.54, 1.807) is 0 Å². The van der Waals surface area contributed by atoms with Crippen molar-refractivity contribution in [1.82, 2.24) is 30.2 Å². The van der Waals surface area contributed by atoms with Crippen molar-refractivity contribution >= 4 is 12.1 Å². The molecule has 3 fully saturated rings. The standard InChI is InChI=1S/C12H22N6O2/c19-11-13-1-3-17(11)9-15-5-7-16(8-6-15)10-18-4-2-14-12(18)20/h1-10H2,(H,13,19)(H,14,20). The van der Waals surface area contributed by atoms with E-state index in [2.05, 4.69) is 20.4 Å². The van der Waals surface area contributed by atoms with E-state index >= 15 is 0 Å². The zero-order valence-electron chi connectivity index (χ0n) is 11.7. The molecule has 0 aliphatic carbocycles. The van der Waals surface area contributed by atoms with Crippen LogP contribution in [0.15, 0.2) is 0 Å². The van der Waals surface area contributed by atoms with Crippen LogP contribution in [-0.4, -0.2) is 97.4 Å². The summed E-state index contributed by atoms with van der Waals surface area (Å²) in [6, 6.07) is 0.0855. The molecule has 0 bridgehead atoms. The summed E-state index contributed by atoms with van der Waals surface area (Å²) in [5, 5.41) is 5.64. The van der Waals surface area contributed by atoms with Gasteiger partial charge in [-0.2, -0.15) is 0 Å². The monoisotopic (exact) mass is 282 g/mol. The van der Waals surface area contributed by atoms with Crippen molar-refractivity contribution in [3.8, 4) is 0 Å². The molecule has 112 valence electrons. The quantitative estimate of drug-likeness (QED) is 0.663. The van der Waals surface area contributed by atoms with E-state index in [0.717, 1.165) is 52.4 Å². The molecule has 20 heavy (non-hydrogen) atoms. The highest BCUT2D eigenvalue weighted by Gasteiger charge is 2.26. The van der Waals surface area contributed by atoms with Crippen LogP contribution in [0, 0.1) is 0 Å². The predicted molar refractivity (Wildman–Crippen MR) is 73.1 cm³/mol. The first-order chi connectivity index (χ1) is 9.72. The van der Waals surface area contributed by atoms with Gasteiger partial charge in [0, 0.05) is 52.4 Å². The molecule has 8 nitrogen and oxygen atoms in total. The maximum Gasteiger partial charge on any atom is 0.318 e. The third kappa shape index (κ3) is 2.96. The molecule has 0 spiro atoms. The molecule has 0 aromatic rings. The molecule has 3 rings (SSSR count). The summed E-state index contributed by atoms with van der Waals surface area (Å²) in [6.45, 7) is 8.30. The topological polar surface area (TPSA) is 71.2 Å². The molecule has 0 aromatic carbocycles. The van der Waals surface area contributed by atoms with Gasteiger partial charge in [0.05, 0.1) is 13.3 Å². The zero-order chi connectivity index (χ0) is 13.9. The van der Waals surface area contributed by atoms with Crippen molar-refractivity contribution < 1.29 is 9.59 Å². The molecule has 0 saturated carbocycles. The SMILES string of the molecule is O=C1NCCN1CN1CCN(CN2CCNC2=O)CC1. The largest absolute Gasteiger partial charge is 0.336 e. The van der Waals surface area contributed by atoms with Crippen LogP contribution >= 0.6 is 0 Å². The van der Waals surface area contributed by atoms with Gasteiger partial charge in [-0.15, -0.1) is 0 Å². The maximum atomic E-state index is 11.5. The summed E-state index contributed by atoms with van der Waals surface area (Å²) in [4.78, 5) is 31.3. The van der Waals surface area contributed by atoms with Crippen molar-refractivity contribution in [1.29, 1.82) is 0 Å². The summed E-state index contributed by atoms with van der Waals surface area (Å²) in [6.07, 6.45) is 0. The van der Waals surface area contributed by atoms with Crippen molar-refractivity contribution in [2.45, 2.75) is 0 Å². The fourth-order valence-electron chi connectivity index (χ4n) is 2.85. The van der Waals surface area contributed by atoms with Gasteiger partial charge in [0.15, 0.2) is 0 Å². The van der Waals surface area contributed by atoms with Gasteiger partial charge in [-0.1, -0.05) is 0 Å². The normalized spacial score (nSPS) is 25.2. The van der Waals surface area contributed by atoms with Gasteiger partial charge in [-0.25, -0.2) is 9.59 Å². The van der Waals surface area contributed by atoms with Crippen LogP contribution in [0.3, 0.4) is 0 Å². The third-order valence-electron chi connectivity index (χ3n) is 4.10. The fourth-order valence-corrected chi connectivity index (χ4v) is 2.85. The van der Waals surface area contributed by atoms with Gasteiger partial charge in [-0.05, 0) is 0 Å². The number of nitrogens with zero attached hydrogens (tertiary/aromatic N) is 4. The first-order valence-corrected chi connectivity index (χ1v) is 7.22. The van der Waals surface area contributed by atoms with Crippen LogP contribution in [0.5, 0.6) is 0 Å². The summed E-state index contributed by atoms with van der Waals surface area (Å²) >= 11 is 0. The van der Waals surface area contributed by atoms with E-state index in [0.29, 0.717) is 13.3 Å². The molecule has 3 saturated heterocycles. The van der Waals surface area contributed by atoms with Crippen molar-refractivity contribution in [2.24, 2.45) is 0 Å². The van der Waals surface area contributed by atoms with Crippen LogP contribution in [0.4, 0.5) is 9.59 Å². The Hall–Kier alpha value is -1.54. The first-order valence-electron chi connectivity index (χ1n) is 7.22. The fraction of sp³-hybridized carbons (Fsp3) is 0.833. The smallest absolute Gasteiger partial charge is 0.318 e. The van der Waals surface area contributed by atoms with Crippen molar-refractivity contribution in [3.05, 3.63) is 0 Å². The predicted octanol–water partition coefficient (Wildman–Crippen LogP) is -1.43. The minimum atomic E-state index is 0.0427. The Bertz CT molecular complexity index is 346. The van der Waals surface area contributed by atoms with Gasteiger partial charge in [-0.3, -0.25) is 9.80 Å². The Labute approximate surface area is 118 Å². The lowest BCUT2D eigenvalue weighted by atomic mass is 10.3. The molecule has 0 atom stereocenters. The number of carbonyl (C=O) groups excluding carboxylic acids is 2. The molecule has 3 aliphatic rings. The second kappa shape index (κ2) is 5.84. The Morgan fingerprint density at radius 2 is 1.10 bits per heavy atom. The van der Waals surface area contributed by atoms with E-state index in [4.69, 9.17) is 0 Å². The van der Waals surface area contributed by atoms with Crippen LogP contribution in [0.1, 0.15) is 0 Å². The van der Waals surface area contributed by atoms with Gasteiger partial charge < -0.3 is 20.4 Å². The van der Waals surface area contributed by atoms with E-state index in [-0.39, 0.29) is 12.1 Å².